The predicted octanol–water partition coefficient (Wildman–Crippen LogP) is -0.814. The van der Waals surface area contributed by atoms with Crippen molar-refractivity contribution in [3.8, 4) is 0 Å². The first-order chi connectivity index (χ1) is 19.4. The summed E-state index contributed by atoms with van der Waals surface area (Å²) in [5.74, 6) is 0.540. The topological polar surface area (TPSA) is 0 Å². The fourth-order valence-corrected chi connectivity index (χ4v) is 11.7. The Labute approximate surface area is 304 Å². The van der Waals surface area contributed by atoms with Gasteiger partial charge in [-0.15, -0.1) is 0 Å². The number of halogens is 3. The van der Waals surface area contributed by atoms with Crippen molar-refractivity contribution in [3.63, 3.8) is 0 Å². The third-order valence-corrected chi connectivity index (χ3v) is 14.0. The van der Waals surface area contributed by atoms with Gasteiger partial charge in [0.1, 0.15) is 0 Å². The molecule has 1 aliphatic carbocycles. The van der Waals surface area contributed by atoms with Crippen LogP contribution >= 0.6 is 0 Å². The van der Waals surface area contributed by atoms with E-state index in [0.29, 0.717) is 5.92 Å². The van der Waals surface area contributed by atoms with E-state index in [1.807, 2.05) is 0 Å². The molecule has 0 amide bonds. The molecule has 236 valence electrons. The van der Waals surface area contributed by atoms with E-state index in [0.717, 1.165) is 51.4 Å². The van der Waals surface area contributed by atoms with Crippen molar-refractivity contribution < 1.29 is 58.9 Å². The zero-order valence-corrected chi connectivity index (χ0v) is 33.0. The third-order valence-electron chi connectivity index (χ3n) is 9.32. The summed E-state index contributed by atoms with van der Waals surface area (Å²) in [5.41, 5.74) is 10.2. The fourth-order valence-electron chi connectivity index (χ4n) is 6.46. The second-order valence-corrected chi connectivity index (χ2v) is 15.6. The van der Waals surface area contributed by atoms with Gasteiger partial charge in [-0.25, -0.2) is 11.6 Å². The van der Waals surface area contributed by atoms with Crippen molar-refractivity contribution >= 4 is 23.6 Å². The molecule has 4 rings (SSSR count). The average Bonchev–Trinajstić information content (AvgIpc) is 3.50. The van der Waals surface area contributed by atoms with E-state index in [2.05, 4.69) is 122 Å². The van der Waals surface area contributed by atoms with Gasteiger partial charge in [-0.3, -0.25) is 6.08 Å². The second kappa shape index (κ2) is 19.6. The SMILES string of the molecule is CCc1cc(CC)cc([Si](C2=[C-]C(C(C)CC)=CC2)(c2cc(CC)cc(CC)c2)c2cc(CC)cc(CC)c2)c1.[Cl-].[Cl-].[Cl-].[Ti+4]. The van der Waals surface area contributed by atoms with Crippen LogP contribution in [0.2, 0.25) is 0 Å². The number of hydrogen-bond acceptors (Lipinski definition) is 0. The largest absolute Gasteiger partial charge is 4.00 e. The molecule has 1 aliphatic rings. The smallest absolute Gasteiger partial charge is 1.00 e. The van der Waals surface area contributed by atoms with Gasteiger partial charge in [0.05, 0.1) is 0 Å². The van der Waals surface area contributed by atoms with Crippen LogP contribution in [0.3, 0.4) is 0 Å². The van der Waals surface area contributed by atoms with Gasteiger partial charge in [-0.2, -0.15) is 5.20 Å². The van der Waals surface area contributed by atoms with Crippen molar-refractivity contribution in [2.45, 2.75) is 107 Å². The fraction of sp³-hybridized carbons (Fsp3) is 0.436. The molecule has 0 radical (unpaired) electrons. The second-order valence-electron chi connectivity index (χ2n) is 11.8. The normalized spacial score (nSPS) is 13.0. The van der Waals surface area contributed by atoms with E-state index in [1.54, 1.807) is 20.8 Å². The minimum atomic E-state index is -2.62. The minimum Gasteiger partial charge on any atom is -1.00 e. The molecule has 0 N–H and O–H groups in total. The Hall–Kier alpha value is -1.06. The van der Waals surface area contributed by atoms with E-state index >= 15 is 0 Å². The van der Waals surface area contributed by atoms with Crippen LogP contribution in [0, 0.1) is 12.0 Å². The molecule has 0 spiro atoms. The molecule has 1 unspecified atom stereocenters. The van der Waals surface area contributed by atoms with Crippen LogP contribution in [0.4, 0.5) is 0 Å². The van der Waals surface area contributed by atoms with Crippen LogP contribution in [0.5, 0.6) is 0 Å². The quantitative estimate of drug-likeness (QED) is 0.132. The molecule has 0 saturated heterocycles. The Morgan fingerprint density at radius 2 is 0.841 bits per heavy atom. The Balaban J connectivity index is 0.00000462. The van der Waals surface area contributed by atoms with Gasteiger partial charge in [0.25, 0.3) is 0 Å². The molecule has 0 bridgehead atoms. The average molecular weight is 702 g/mol. The zero-order valence-electron chi connectivity index (χ0n) is 28.1. The Bertz CT molecular complexity index is 1210. The number of aryl methyl sites for hydroxylation is 6. The molecule has 3 aromatic carbocycles. The Kier molecular flexibility index (Phi) is 19.1. The van der Waals surface area contributed by atoms with Gasteiger partial charge in [-0.1, -0.05) is 129 Å². The number of benzene rings is 3. The van der Waals surface area contributed by atoms with Gasteiger partial charge < -0.3 is 37.2 Å². The summed E-state index contributed by atoms with van der Waals surface area (Å²) in [6.45, 7) is 18.5. The van der Waals surface area contributed by atoms with Gasteiger partial charge in [0.2, 0.25) is 0 Å². The molecule has 0 fully saturated rings. The van der Waals surface area contributed by atoms with E-state index in [4.69, 9.17) is 0 Å². The van der Waals surface area contributed by atoms with Crippen LogP contribution in [0.25, 0.3) is 0 Å². The molecule has 0 saturated carbocycles. The first-order valence-corrected chi connectivity index (χ1v) is 18.1. The summed E-state index contributed by atoms with van der Waals surface area (Å²) in [5, 5.41) is 6.20. The molecule has 0 aromatic heterocycles. The predicted molar refractivity (Wildman–Crippen MR) is 179 cm³/mol. The summed E-state index contributed by atoms with van der Waals surface area (Å²) in [6, 6.07) is 22.8. The molecule has 44 heavy (non-hydrogen) atoms. The number of rotatable bonds is 12. The summed E-state index contributed by atoms with van der Waals surface area (Å²) in [7, 11) is -2.62. The summed E-state index contributed by atoms with van der Waals surface area (Å²) in [4.78, 5) is 0. The van der Waals surface area contributed by atoms with E-state index < -0.39 is 8.07 Å². The van der Waals surface area contributed by atoms with Crippen molar-refractivity contribution in [2.24, 2.45) is 5.92 Å². The van der Waals surface area contributed by atoms with Crippen LogP contribution in [0.15, 0.2) is 71.4 Å². The van der Waals surface area contributed by atoms with Gasteiger partial charge in [-0.05, 0) is 87.5 Å². The summed E-state index contributed by atoms with van der Waals surface area (Å²) < 4.78 is 0. The maximum Gasteiger partial charge on any atom is 4.00 e. The van der Waals surface area contributed by atoms with Gasteiger partial charge in [0.15, 0.2) is 8.07 Å². The number of hydrogen-bond donors (Lipinski definition) is 0. The third kappa shape index (κ3) is 8.84. The van der Waals surface area contributed by atoms with Crippen LogP contribution in [0.1, 0.15) is 102 Å². The van der Waals surface area contributed by atoms with Crippen molar-refractivity contribution in [1.29, 1.82) is 0 Å². The van der Waals surface area contributed by atoms with Crippen LogP contribution in [-0.4, -0.2) is 8.07 Å². The van der Waals surface area contributed by atoms with Crippen molar-refractivity contribution in [1.82, 2.24) is 0 Å². The molecular weight excluding hydrogens is 651 g/mol. The van der Waals surface area contributed by atoms with Gasteiger partial charge >= 0.3 is 21.7 Å². The van der Waals surface area contributed by atoms with Crippen molar-refractivity contribution in [3.05, 3.63) is 111 Å². The molecule has 3 aromatic rings. The summed E-state index contributed by atoms with van der Waals surface area (Å²) in [6.07, 6.45) is 15.2. The monoisotopic (exact) mass is 700 g/mol. The molecule has 5 heteroatoms. The van der Waals surface area contributed by atoms with Crippen LogP contribution in [-0.2, 0) is 60.2 Å². The number of allylic oxidation sites excluding steroid dienone is 4. The van der Waals surface area contributed by atoms with E-state index in [-0.39, 0.29) is 58.9 Å². The molecule has 0 aliphatic heterocycles. The molecule has 0 nitrogen and oxygen atoms in total. The first-order valence-electron chi connectivity index (χ1n) is 16.1. The molecule has 1 atom stereocenters. The van der Waals surface area contributed by atoms with Gasteiger partial charge in [0, 0.05) is 0 Å². The Morgan fingerprint density at radius 3 is 1.09 bits per heavy atom. The van der Waals surface area contributed by atoms with Crippen LogP contribution < -0.4 is 52.8 Å². The Morgan fingerprint density at radius 1 is 0.545 bits per heavy atom. The maximum atomic E-state index is 4.14. The summed E-state index contributed by atoms with van der Waals surface area (Å²) >= 11 is 0. The molecular formula is C39H51Cl3SiTi. The first kappa shape index (κ1) is 42.9. The van der Waals surface area contributed by atoms with E-state index in [9.17, 15) is 0 Å². The zero-order chi connectivity index (χ0) is 28.9. The van der Waals surface area contributed by atoms with E-state index in [1.165, 1.54) is 39.0 Å². The van der Waals surface area contributed by atoms with Crippen molar-refractivity contribution in [2.75, 3.05) is 0 Å². The standard InChI is InChI=1S/C39H51Si.3ClH.Ti/c1-9-28(8)35-16-17-36(27-35)40(37-21-29(10-2)18-30(11-3)22-37,38-23-31(12-4)19-32(13-5)24-38)39-25-33(14-6)20-34(15-7)26-39;;;;/h16,18-26,28H,9-15,17H2,1-8H3;3*1H;/q-1;;;;+4/p-3. The molecule has 0 heterocycles. The minimum absolute atomic E-state index is 0. The maximum absolute atomic E-state index is 4.14.